The van der Waals surface area contributed by atoms with Gasteiger partial charge in [0.1, 0.15) is 23.2 Å². The summed E-state index contributed by atoms with van der Waals surface area (Å²) in [6, 6.07) is 7.82. The molecule has 4 aromatic rings. The molecule has 0 unspecified atom stereocenters. The van der Waals surface area contributed by atoms with Gasteiger partial charge in [0.25, 0.3) is 11.8 Å². The molecule has 2 amide bonds. The van der Waals surface area contributed by atoms with E-state index in [1.165, 1.54) is 31.4 Å². The van der Waals surface area contributed by atoms with Gasteiger partial charge in [0.2, 0.25) is 0 Å². The average molecular weight is 881 g/mol. The quantitative estimate of drug-likeness (QED) is 0.103. The zero-order chi connectivity index (χ0) is 45.1. The number of carbonyl (C=O) groups excluding carboxylic acids is 3. The van der Waals surface area contributed by atoms with E-state index in [1.807, 2.05) is 0 Å². The Balaban J connectivity index is 1.62. The van der Waals surface area contributed by atoms with Gasteiger partial charge in [0.05, 0.1) is 29.7 Å². The van der Waals surface area contributed by atoms with Crippen LogP contribution in [0.5, 0.6) is 5.75 Å². The Kier molecular flexibility index (Phi) is 13.7. The van der Waals surface area contributed by atoms with Crippen LogP contribution < -0.4 is 15.4 Å². The van der Waals surface area contributed by atoms with Crippen molar-refractivity contribution in [1.82, 2.24) is 10.6 Å². The lowest BCUT2D eigenvalue weighted by molar-refractivity contribution is -0.253. The van der Waals surface area contributed by atoms with E-state index in [-0.39, 0.29) is 65.8 Å². The molecule has 1 atom stereocenters. The fourth-order valence-electron chi connectivity index (χ4n) is 6.97. The highest BCUT2D eigenvalue weighted by atomic mass is 19.4. The Labute approximate surface area is 338 Å². The fourth-order valence-corrected chi connectivity index (χ4v) is 6.97. The second kappa shape index (κ2) is 18.0. The Morgan fingerprint density at radius 2 is 1.26 bits per heavy atom. The van der Waals surface area contributed by atoms with Gasteiger partial charge in [-0.1, -0.05) is 18.2 Å². The summed E-state index contributed by atoms with van der Waals surface area (Å²) >= 11 is 0. The number of rotatable bonds is 13. The molecule has 0 bridgehead atoms. The van der Waals surface area contributed by atoms with E-state index in [4.69, 9.17) is 4.74 Å². The summed E-state index contributed by atoms with van der Waals surface area (Å²) in [5, 5.41) is 4.93. The van der Waals surface area contributed by atoms with E-state index in [0.29, 0.717) is 49.9 Å². The van der Waals surface area contributed by atoms with E-state index < -0.39 is 99.7 Å². The third-order valence-corrected chi connectivity index (χ3v) is 10.1. The van der Waals surface area contributed by atoms with Gasteiger partial charge in [0, 0.05) is 30.2 Å². The number of hydrogen-bond donors (Lipinski definition) is 2. The van der Waals surface area contributed by atoms with Gasteiger partial charge in [-0.25, -0.2) is 13.2 Å². The van der Waals surface area contributed by atoms with Gasteiger partial charge in [-0.3, -0.25) is 14.4 Å². The predicted molar refractivity (Wildman–Crippen MR) is 189 cm³/mol. The standard InChI is InChI=1S/C41H33F13N2O5/c1-60-36(59)24-8-4-22(5-9-24)20-55-34(57)23-6-2-21(3-7-23)19-38(26-11-13-33(44)31(17-26)40(50,51)52,27-15-28(42)18-29(16-27)61-41(53,54)37(45)46)56-35(58)25-10-12-32(43)30(14-25)39(47,48)49/h2-3,6-7,10-18,22,24,37H,4-5,8-9,19-20H2,1H3,(H,55,57)(H,56,58)/t22?,24?,38-/m1/s1. The van der Waals surface area contributed by atoms with Crippen LogP contribution in [0, 0.1) is 29.3 Å². The van der Waals surface area contributed by atoms with Gasteiger partial charge in [-0.05, 0) is 103 Å². The lowest BCUT2D eigenvalue weighted by Crippen LogP contribution is -2.49. The number of amides is 2. The normalized spacial score (nSPS) is 17.0. The summed E-state index contributed by atoms with van der Waals surface area (Å²) in [6.07, 6.45) is -19.2. The summed E-state index contributed by atoms with van der Waals surface area (Å²) in [5.74, 6) is -9.40. The summed E-state index contributed by atoms with van der Waals surface area (Å²) in [4.78, 5) is 38.9. The van der Waals surface area contributed by atoms with Crippen LogP contribution in [-0.2, 0) is 33.8 Å². The molecule has 2 N–H and O–H groups in total. The van der Waals surface area contributed by atoms with Gasteiger partial charge in [0.15, 0.2) is 0 Å². The molecule has 0 spiro atoms. The molecule has 0 radical (unpaired) electrons. The van der Waals surface area contributed by atoms with Crippen molar-refractivity contribution in [3.63, 3.8) is 0 Å². The lowest BCUT2D eigenvalue weighted by Gasteiger charge is -2.37. The molecule has 1 aliphatic carbocycles. The van der Waals surface area contributed by atoms with Crippen LogP contribution in [0.25, 0.3) is 0 Å². The highest BCUT2D eigenvalue weighted by Crippen LogP contribution is 2.42. The molecule has 5 rings (SSSR count). The third kappa shape index (κ3) is 10.9. The van der Waals surface area contributed by atoms with E-state index in [9.17, 15) is 67.1 Å². The molecule has 0 heterocycles. The van der Waals surface area contributed by atoms with Crippen molar-refractivity contribution in [1.29, 1.82) is 0 Å². The number of alkyl halides is 10. The number of methoxy groups -OCH3 is 1. The second-order valence-electron chi connectivity index (χ2n) is 14.2. The third-order valence-electron chi connectivity index (χ3n) is 10.1. The molecule has 0 saturated heterocycles. The lowest BCUT2D eigenvalue weighted by atomic mass is 9.76. The van der Waals surface area contributed by atoms with Gasteiger partial charge in [-0.2, -0.15) is 43.9 Å². The van der Waals surface area contributed by atoms with Gasteiger partial charge >= 0.3 is 30.9 Å². The molecule has 328 valence electrons. The van der Waals surface area contributed by atoms with Crippen molar-refractivity contribution in [2.75, 3.05) is 13.7 Å². The zero-order valence-electron chi connectivity index (χ0n) is 31.4. The maximum absolute atomic E-state index is 15.3. The van der Waals surface area contributed by atoms with Crippen LogP contribution in [0.4, 0.5) is 57.1 Å². The van der Waals surface area contributed by atoms with Crippen molar-refractivity contribution >= 4 is 17.8 Å². The van der Waals surface area contributed by atoms with E-state index >= 15 is 4.39 Å². The Bertz CT molecular complexity index is 2240. The molecular weight excluding hydrogens is 847 g/mol. The Hall–Kier alpha value is -5.82. The summed E-state index contributed by atoms with van der Waals surface area (Å²) in [6.45, 7) is 0.212. The smallest absolute Gasteiger partial charge is 0.461 e. The molecular formula is C41H33F13N2O5. The molecule has 7 nitrogen and oxygen atoms in total. The topological polar surface area (TPSA) is 93.7 Å². The maximum Gasteiger partial charge on any atom is 0.461 e. The Morgan fingerprint density at radius 1 is 0.689 bits per heavy atom. The minimum Gasteiger partial charge on any atom is -0.469 e. The molecule has 1 saturated carbocycles. The van der Waals surface area contributed by atoms with E-state index in [0.717, 1.165) is 0 Å². The van der Waals surface area contributed by atoms with Gasteiger partial charge in [-0.15, -0.1) is 0 Å². The monoisotopic (exact) mass is 880 g/mol. The minimum atomic E-state index is -5.46. The fraction of sp³-hybridized carbons (Fsp3) is 0.341. The maximum atomic E-state index is 15.3. The first kappa shape index (κ1) is 46.2. The molecule has 4 aromatic carbocycles. The number of benzene rings is 4. The number of hydrogen-bond acceptors (Lipinski definition) is 5. The summed E-state index contributed by atoms with van der Waals surface area (Å²) in [5.41, 5.74) is -9.33. The zero-order valence-corrected chi connectivity index (χ0v) is 31.4. The van der Waals surface area contributed by atoms with Crippen molar-refractivity contribution in [3.05, 3.63) is 135 Å². The SMILES string of the molecule is COC(=O)C1CCC(CNC(=O)c2ccc(C[C@](NC(=O)c3ccc(F)c(C(F)(F)F)c3)(c3cc(F)cc(OC(F)(F)C(F)F)c3)c3ccc(F)c(C(F)(F)F)c3)cc2)CC1. The summed E-state index contributed by atoms with van der Waals surface area (Å²) in [7, 11) is 1.28. The number of ether oxygens (including phenoxy) is 2. The first-order valence-corrected chi connectivity index (χ1v) is 18.1. The molecule has 0 aromatic heterocycles. The molecule has 20 heteroatoms. The van der Waals surface area contributed by atoms with Crippen LogP contribution in [0.1, 0.15) is 74.2 Å². The molecule has 1 fully saturated rings. The van der Waals surface area contributed by atoms with Crippen LogP contribution in [0.15, 0.2) is 78.9 Å². The highest BCUT2D eigenvalue weighted by molar-refractivity contribution is 5.96. The van der Waals surface area contributed by atoms with Crippen LogP contribution in [0.2, 0.25) is 0 Å². The van der Waals surface area contributed by atoms with Crippen molar-refractivity contribution < 1.29 is 80.9 Å². The first-order valence-electron chi connectivity index (χ1n) is 18.1. The van der Waals surface area contributed by atoms with Crippen molar-refractivity contribution in [2.24, 2.45) is 11.8 Å². The Morgan fingerprint density at radius 3 is 1.84 bits per heavy atom. The number of esters is 1. The van der Waals surface area contributed by atoms with Gasteiger partial charge < -0.3 is 20.1 Å². The molecule has 0 aliphatic heterocycles. The van der Waals surface area contributed by atoms with Crippen molar-refractivity contribution in [2.45, 2.75) is 62.5 Å². The van der Waals surface area contributed by atoms with Crippen LogP contribution >= 0.6 is 0 Å². The average Bonchev–Trinajstić information content (AvgIpc) is 3.18. The van der Waals surface area contributed by atoms with Crippen LogP contribution in [0.3, 0.4) is 0 Å². The predicted octanol–water partition coefficient (Wildman–Crippen LogP) is 10.0. The molecule has 1 aliphatic rings. The minimum absolute atomic E-state index is 0.0137. The largest absolute Gasteiger partial charge is 0.469 e. The number of carbonyl (C=O) groups is 3. The first-order chi connectivity index (χ1) is 28.4. The van der Waals surface area contributed by atoms with Crippen molar-refractivity contribution in [3.8, 4) is 5.75 Å². The van der Waals surface area contributed by atoms with E-state index in [1.54, 1.807) is 0 Å². The number of halogens is 13. The molecule has 61 heavy (non-hydrogen) atoms. The highest BCUT2D eigenvalue weighted by Gasteiger charge is 2.46. The number of nitrogens with one attached hydrogen (secondary N) is 2. The summed E-state index contributed by atoms with van der Waals surface area (Å²) < 4.78 is 191. The second-order valence-corrected chi connectivity index (χ2v) is 14.2. The van der Waals surface area contributed by atoms with Crippen LogP contribution in [-0.4, -0.2) is 44.0 Å². The van der Waals surface area contributed by atoms with E-state index in [2.05, 4.69) is 15.4 Å².